The lowest BCUT2D eigenvalue weighted by atomic mass is 9.84. The van der Waals surface area contributed by atoms with Crippen LogP contribution in [0.5, 0.6) is 0 Å². The Morgan fingerprint density at radius 1 is 1.50 bits per heavy atom. The van der Waals surface area contributed by atoms with Gasteiger partial charge >= 0.3 is 5.97 Å². The highest BCUT2D eigenvalue weighted by Gasteiger charge is 2.23. The lowest BCUT2D eigenvalue weighted by molar-refractivity contribution is -0.148. The van der Waals surface area contributed by atoms with Gasteiger partial charge in [-0.15, -0.1) is 0 Å². The highest BCUT2D eigenvalue weighted by atomic mass is 16.5. The number of carbonyl (C=O) groups is 1. The Hall–Kier alpha value is -1.05. The van der Waals surface area contributed by atoms with Crippen LogP contribution in [-0.4, -0.2) is 12.1 Å². The third kappa shape index (κ3) is 5.52. The van der Waals surface area contributed by atoms with Gasteiger partial charge in [0.15, 0.2) is 0 Å². The van der Waals surface area contributed by atoms with Crippen molar-refractivity contribution in [1.82, 2.24) is 0 Å². The summed E-state index contributed by atoms with van der Waals surface area (Å²) in [7, 11) is 0. The van der Waals surface area contributed by atoms with Gasteiger partial charge in [0.25, 0.3) is 0 Å². The molecule has 0 saturated heterocycles. The number of allylic oxidation sites excluding steroid dienone is 4. The molecule has 0 N–H and O–H groups in total. The van der Waals surface area contributed by atoms with E-state index in [4.69, 9.17) is 4.74 Å². The third-order valence-electron chi connectivity index (χ3n) is 3.53. The average Bonchev–Trinajstić information content (AvgIpc) is 2.28. The van der Waals surface area contributed by atoms with Gasteiger partial charge in [-0.2, -0.15) is 0 Å². The summed E-state index contributed by atoms with van der Waals surface area (Å²) in [5.41, 5.74) is 2.92. The molecule has 0 amide bonds. The lowest BCUT2D eigenvalue weighted by Crippen LogP contribution is -2.25. The molecule has 2 heteroatoms. The van der Waals surface area contributed by atoms with Gasteiger partial charge in [0.05, 0.1) is 0 Å². The molecular weight excluding hydrogens is 224 g/mol. The molecule has 0 aromatic carbocycles. The zero-order valence-corrected chi connectivity index (χ0v) is 12.2. The van der Waals surface area contributed by atoms with Crippen molar-refractivity contribution in [1.29, 1.82) is 0 Å². The summed E-state index contributed by atoms with van der Waals surface area (Å²) in [6.07, 6.45) is 10.3. The minimum Gasteiger partial charge on any atom is -0.463 e. The van der Waals surface area contributed by atoms with Gasteiger partial charge in [0.1, 0.15) is 6.10 Å². The van der Waals surface area contributed by atoms with Gasteiger partial charge in [-0.1, -0.05) is 23.3 Å². The van der Waals surface area contributed by atoms with Crippen molar-refractivity contribution in [3.63, 3.8) is 0 Å². The maximum absolute atomic E-state index is 11.0. The van der Waals surface area contributed by atoms with Crippen molar-refractivity contribution >= 4 is 5.97 Å². The van der Waals surface area contributed by atoms with Crippen LogP contribution in [-0.2, 0) is 9.53 Å². The van der Waals surface area contributed by atoms with E-state index >= 15 is 0 Å². The molecule has 0 saturated carbocycles. The summed E-state index contributed by atoms with van der Waals surface area (Å²) in [6.45, 7) is 7.79. The van der Waals surface area contributed by atoms with Crippen LogP contribution < -0.4 is 0 Å². The van der Waals surface area contributed by atoms with Crippen LogP contribution in [0.4, 0.5) is 0 Å². The van der Waals surface area contributed by atoms with Crippen molar-refractivity contribution in [2.75, 3.05) is 0 Å². The second kappa shape index (κ2) is 7.40. The molecule has 2 nitrogen and oxygen atoms in total. The Kier molecular flexibility index (Phi) is 6.17. The van der Waals surface area contributed by atoms with Gasteiger partial charge in [0.2, 0.25) is 0 Å². The maximum Gasteiger partial charge on any atom is 0.302 e. The quantitative estimate of drug-likeness (QED) is 0.533. The second-order valence-electron chi connectivity index (χ2n) is 5.54. The highest BCUT2D eigenvalue weighted by Crippen LogP contribution is 2.30. The molecule has 1 aliphatic rings. The Labute approximate surface area is 111 Å². The van der Waals surface area contributed by atoms with Crippen molar-refractivity contribution in [2.45, 2.75) is 65.9 Å². The van der Waals surface area contributed by atoms with Crippen molar-refractivity contribution < 1.29 is 9.53 Å². The topological polar surface area (TPSA) is 26.3 Å². The monoisotopic (exact) mass is 250 g/mol. The Balaban J connectivity index is 2.42. The van der Waals surface area contributed by atoms with Gasteiger partial charge in [-0.25, -0.2) is 0 Å². The van der Waals surface area contributed by atoms with E-state index in [1.165, 1.54) is 18.1 Å². The normalized spacial score (nSPS) is 20.9. The number of rotatable bonds is 5. The maximum atomic E-state index is 11.0. The first kappa shape index (κ1) is 15.0. The number of ether oxygens (including phenoxy) is 1. The molecule has 0 aromatic rings. The zero-order chi connectivity index (χ0) is 13.5. The van der Waals surface area contributed by atoms with E-state index in [-0.39, 0.29) is 12.1 Å². The van der Waals surface area contributed by atoms with Crippen molar-refractivity contribution in [3.8, 4) is 0 Å². The Morgan fingerprint density at radius 3 is 2.83 bits per heavy atom. The number of esters is 1. The van der Waals surface area contributed by atoms with E-state index in [1.807, 2.05) is 6.92 Å². The molecule has 0 aliphatic heterocycles. The number of hydrogen-bond donors (Lipinski definition) is 0. The molecule has 18 heavy (non-hydrogen) atoms. The van der Waals surface area contributed by atoms with E-state index in [9.17, 15) is 4.79 Å². The average molecular weight is 250 g/mol. The third-order valence-corrected chi connectivity index (χ3v) is 3.53. The highest BCUT2D eigenvalue weighted by molar-refractivity contribution is 5.66. The van der Waals surface area contributed by atoms with Crippen LogP contribution in [0.2, 0.25) is 0 Å². The largest absolute Gasteiger partial charge is 0.463 e. The van der Waals surface area contributed by atoms with E-state index in [0.29, 0.717) is 5.92 Å². The van der Waals surface area contributed by atoms with Gasteiger partial charge in [-0.05, 0) is 58.8 Å². The molecule has 0 spiro atoms. The van der Waals surface area contributed by atoms with Crippen LogP contribution in [0, 0.1) is 5.92 Å². The van der Waals surface area contributed by atoms with Gasteiger partial charge in [0, 0.05) is 6.92 Å². The van der Waals surface area contributed by atoms with E-state index in [2.05, 4.69) is 26.0 Å². The van der Waals surface area contributed by atoms with Crippen LogP contribution in [0.25, 0.3) is 0 Å². The van der Waals surface area contributed by atoms with Crippen LogP contribution in [0.1, 0.15) is 59.8 Å². The molecule has 0 aromatic heterocycles. The molecule has 0 heterocycles. The first-order chi connectivity index (χ1) is 8.49. The fourth-order valence-electron chi connectivity index (χ4n) is 2.53. The lowest BCUT2D eigenvalue weighted by Gasteiger charge is -2.27. The molecule has 102 valence electrons. The van der Waals surface area contributed by atoms with Crippen molar-refractivity contribution in [3.05, 3.63) is 23.3 Å². The SMILES string of the molecule is CC(=O)O[C@H](C)[C@@H]1CCC=C(CCC=C(C)C)C1. The van der Waals surface area contributed by atoms with Gasteiger partial charge in [-0.3, -0.25) is 4.79 Å². The molecule has 0 unspecified atom stereocenters. The molecule has 0 bridgehead atoms. The summed E-state index contributed by atoms with van der Waals surface area (Å²) in [5.74, 6) is 0.337. The smallest absolute Gasteiger partial charge is 0.302 e. The first-order valence-electron chi connectivity index (χ1n) is 6.97. The summed E-state index contributed by atoms with van der Waals surface area (Å²) in [5, 5.41) is 0. The van der Waals surface area contributed by atoms with Gasteiger partial charge < -0.3 is 4.74 Å². The first-order valence-corrected chi connectivity index (χ1v) is 6.97. The predicted molar refractivity (Wildman–Crippen MR) is 75.3 cm³/mol. The predicted octanol–water partition coefficient (Wildman–Crippen LogP) is 4.41. The van der Waals surface area contributed by atoms with Crippen LogP contribution >= 0.6 is 0 Å². The van der Waals surface area contributed by atoms with E-state index < -0.39 is 0 Å². The molecule has 0 radical (unpaired) electrons. The second-order valence-corrected chi connectivity index (χ2v) is 5.54. The minimum atomic E-state index is -0.164. The van der Waals surface area contributed by atoms with Crippen LogP contribution in [0.15, 0.2) is 23.3 Å². The molecule has 2 atom stereocenters. The molecule has 1 rings (SSSR count). The summed E-state index contributed by atoms with van der Waals surface area (Å²) >= 11 is 0. The number of carbonyl (C=O) groups excluding carboxylic acids is 1. The zero-order valence-electron chi connectivity index (χ0n) is 12.2. The fourth-order valence-corrected chi connectivity index (χ4v) is 2.53. The standard InChI is InChI=1S/C16H26O2/c1-12(2)7-5-8-15-9-6-10-16(11-15)13(3)18-14(4)17/h7,9,13,16H,5-6,8,10-11H2,1-4H3/t13-,16-/m1/s1. The van der Waals surface area contributed by atoms with E-state index in [1.54, 1.807) is 0 Å². The Bertz CT molecular complexity index is 335. The molecule has 0 fully saturated rings. The molecular formula is C16H26O2. The van der Waals surface area contributed by atoms with Crippen LogP contribution in [0.3, 0.4) is 0 Å². The van der Waals surface area contributed by atoms with E-state index in [0.717, 1.165) is 32.1 Å². The minimum absolute atomic E-state index is 0.0506. The number of hydrogen-bond acceptors (Lipinski definition) is 2. The fraction of sp³-hybridized carbons (Fsp3) is 0.688. The Morgan fingerprint density at radius 2 is 2.22 bits per heavy atom. The summed E-state index contributed by atoms with van der Waals surface area (Å²) < 4.78 is 5.30. The van der Waals surface area contributed by atoms with Crippen molar-refractivity contribution in [2.24, 2.45) is 5.92 Å². The molecule has 1 aliphatic carbocycles. The summed E-state index contributed by atoms with van der Waals surface area (Å²) in [4.78, 5) is 11.0. The summed E-state index contributed by atoms with van der Waals surface area (Å²) in [6, 6.07) is 0.